The van der Waals surface area contributed by atoms with Gasteiger partial charge in [0.2, 0.25) is 0 Å². The SMILES string of the molecule is Cc1ccc(C2C(C#N)=C(C3CCOCC3)SC2(C)c2ncn[nH]2)c(C)c1. The minimum atomic E-state index is -0.380. The van der Waals surface area contributed by atoms with Crippen molar-refractivity contribution in [2.24, 2.45) is 5.92 Å². The van der Waals surface area contributed by atoms with Crippen molar-refractivity contribution in [3.63, 3.8) is 0 Å². The van der Waals surface area contributed by atoms with E-state index in [1.165, 1.54) is 21.6 Å². The highest BCUT2D eigenvalue weighted by Crippen LogP contribution is 2.62. The van der Waals surface area contributed by atoms with E-state index >= 15 is 0 Å². The van der Waals surface area contributed by atoms with Crippen LogP contribution in [0.1, 0.15) is 48.2 Å². The number of rotatable bonds is 3. The maximum Gasteiger partial charge on any atom is 0.141 e. The molecule has 0 bridgehead atoms. The van der Waals surface area contributed by atoms with Crippen LogP contribution in [0, 0.1) is 31.1 Å². The Morgan fingerprint density at radius 3 is 2.70 bits per heavy atom. The molecule has 4 rings (SSSR count). The van der Waals surface area contributed by atoms with Crippen molar-refractivity contribution < 1.29 is 4.74 Å². The van der Waals surface area contributed by atoms with Gasteiger partial charge in [-0.25, -0.2) is 4.98 Å². The third-order valence-corrected chi connectivity index (χ3v) is 7.39. The lowest BCUT2D eigenvalue weighted by Gasteiger charge is -2.31. The normalized spacial score (nSPS) is 26.4. The Labute approximate surface area is 164 Å². The third kappa shape index (κ3) is 3.09. The predicted octanol–water partition coefficient (Wildman–Crippen LogP) is 4.37. The van der Waals surface area contributed by atoms with Crippen molar-refractivity contribution in [1.29, 1.82) is 5.26 Å². The number of H-pyrrole nitrogens is 1. The van der Waals surface area contributed by atoms with E-state index in [9.17, 15) is 5.26 Å². The molecule has 0 amide bonds. The van der Waals surface area contributed by atoms with Gasteiger partial charge in [-0.15, -0.1) is 11.8 Å². The van der Waals surface area contributed by atoms with Crippen LogP contribution >= 0.6 is 11.8 Å². The number of nitrogens with one attached hydrogen (secondary N) is 1. The Balaban J connectivity index is 1.88. The number of aromatic nitrogens is 3. The summed E-state index contributed by atoms with van der Waals surface area (Å²) in [4.78, 5) is 5.71. The van der Waals surface area contributed by atoms with E-state index in [2.05, 4.69) is 60.2 Å². The quantitative estimate of drug-likeness (QED) is 0.856. The molecule has 3 heterocycles. The molecule has 1 aromatic heterocycles. The van der Waals surface area contributed by atoms with E-state index in [0.29, 0.717) is 5.92 Å². The fourth-order valence-electron chi connectivity index (χ4n) is 4.37. The topological polar surface area (TPSA) is 74.6 Å². The van der Waals surface area contributed by atoms with Crippen LogP contribution < -0.4 is 0 Å². The summed E-state index contributed by atoms with van der Waals surface area (Å²) in [6.07, 6.45) is 3.50. The van der Waals surface area contributed by atoms with Crippen molar-refractivity contribution in [2.75, 3.05) is 13.2 Å². The molecule has 0 radical (unpaired) electrons. The summed E-state index contributed by atoms with van der Waals surface area (Å²) < 4.78 is 5.17. The number of hydrogen-bond acceptors (Lipinski definition) is 5. The van der Waals surface area contributed by atoms with Crippen LogP contribution in [0.25, 0.3) is 0 Å². The zero-order valence-electron chi connectivity index (χ0n) is 16.0. The second-order valence-electron chi connectivity index (χ2n) is 7.61. The highest BCUT2D eigenvalue weighted by molar-refractivity contribution is 8.04. The van der Waals surface area contributed by atoms with Gasteiger partial charge in [-0.2, -0.15) is 10.4 Å². The molecule has 1 fully saturated rings. The summed E-state index contributed by atoms with van der Waals surface area (Å²) in [6.45, 7) is 7.95. The Morgan fingerprint density at radius 2 is 2.07 bits per heavy atom. The zero-order chi connectivity index (χ0) is 19.0. The molecule has 2 unspecified atom stereocenters. The third-order valence-electron chi connectivity index (χ3n) is 5.76. The van der Waals surface area contributed by atoms with Crippen molar-refractivity contribution in [3.05, 3.63) is 57.5 Å². The van der Waals surface area contributed by atoms with Crippen molar-refractivity contribution >= 4 is 11.8 Å². The molecular formula is C21H24N4OS. The van der Waals surface area contributed by atoms with Crippen molar-refractivity contribution in [2.45, 2.75) is 44.3 Å². The smallest absolute Gasteiger partial charge is 0.141 e. The lowest BCUT2D eigenvalue weighted by Crippen LogP contribution is -2.26. The molecule has 2 atom stereocenters. The highest BCUT2D eigenvalue weighted by Gasteiger charge is 2.51. The maximum absolute atomic E-state index is 10.2. The van der Waals surface area contributed by atoms with E-state index in [1.54, 1.807) is 18.1 Å². The average Bonchev–Trinajstić information content (AvgIpc) is 3.30. The zero-order valence-corrected chi connectivity index (χ0v) is 16.8. The molecule has 1 saturated heterocycles. The summed E-state index contributed by atoms with van der Waals surface area (Å²) in [7, 11) is 0. The van der Waals surface area contributed by atoms with E-state index in [-0.39, 0.29) is 10.7 Å². The van der Waals surface area contributed by atoms with Crippen LogP contribution in [-0.4, -0.2) is 28.4 Å². The molecular weight excluding hydrogens is 356 g/mol. The van der Waals surface area contributed by atoms with Gasteiger partial charge >= 0.3 is 0 Å². The lowest BCUT2D eigenvalue weighted by molar-refractivity contribution is 0.0776. The molecule has 0 saturated carbocycles. The van der Waals surface area contributed by atoms with Gasteiger partial charge in [0.15, 0.2) is 0 Å². The summed E-state index contributed by atoms with van der Waals surface area (Å²) in [5.74, 6) is 1.17. The second kappa shape index (κ2) is 7.14. The highest BCUT2D eigenvalue weighted by atomic mass is 32.2. The van der Waals surface area contributed by atoms with E-state index in [4.69, 9.17) is 4.74 Å². The molecule has 27 heavy (non-hydrogen) atoms. The van der Waals surface area contributed by atoms with E-state index < -0.39 is 0 Å². The first-order chi connectivity index (χ1) is 13.0. The first-order valence-corrected chi connectivity index (χ1v) is 10.2. The van der Waals surface area contributed by atoms with Gasteiger partial charge in [0.1, 0.15) is 12.2 Å². The summed E-state index contributed by atoms with van der Waals surface area (Å²) in [6, 6.07) is 9.08. The molecule has 2 aliphatic rings. The lowest BCUT2D eigenvalue weighted by atomic mass is 9.77. The Morgan fingerprint density at radius 1 is 1.30 bits per heavy atom. The summed E-state index contributed by atoms with van der Waals surface area (Å²) in [5, 5.41) is 17.3. The Bertz CT molecular complexity index is 909. The van der Waals surface area contributed by atoms with Gasteiger partial charge in [-0.05, 0) is 50.7 Å². The van der Waals surface area contributed by atoms with E-state index in [0.717, 1.165) is 37.5 Å². The second-order valence-corrected chi connectivity index (χ2v) is 9.10. The van der Waals surface area contributed by atoms with Crippen molar-refractivity contribution in [1.82, 2.24) is 15.2 Å². The predicted molar refractivity (Wildman–Crippen MR) is 106 cm³/mol. The first-order valence-electron chi connectivity index (χ1n) is 9.38. The van der Waals surface area contributed by atoms with Crippen LogP contribution in [0.15, 0.2) is 35.0 Å². The van der Waals surface area contributed by atoms with E-state index in [1.807, 2.05) is 0 Å². The Hall–Kier alpha value is -2.10. The van der Waals surface area contributed by atoms with Crippen LogP contribution in [0.4, 0.5) is 0 Å². The molecule has 1 N–H and O–H groups in total. The Kier molecular flexibility index (Phi) is 4.83. The number of nitriles is 1. The fraction of sp³-hybridized carbons (Fsp3) is 0.476. The standard InChI is InChI=1S/C21H24N4OS/c1-13-4-5-16(14(2)10-13)18-17(11-22)19(15-6-8-26-9-7-15)27-21(18,3)20-23-12-24-25-20/h4-5,10,12,15,18H,6-9H2,1-3H3,(H,23,24,25). The van der Waals surface area contributed by atoms with Gasteiger partial charge < -0.3 is 4.74 Å². The van der Waals surface area contributed by atoms with Gasteiger partial charge in [-0.1, -0.05) is 23.8 Å². The summed E-state index contributed by atoms with van der Waals surface area (Å²) >= 11 is 1.79. The number of aryl methyl sites for hydroxylation is 2. The molecule has 140 valence electrons. The van der Waals surface area contributed by atoms with Gasteiger partial charge in [0, 0.05) is 29.6 Å². The maximum atomic E-state index is 10.2. The monoisotopic (exact) mass is 380 g/mol. The number of allylic oxidation sites excluding steroid dienone is 2. The molecule has 5 nitrogen and oxygen atoms in total. The van der Waals surface area contributed by atoms with Crippen LogP contribution in [0.3, 0.4) is 0 Å². The number of aromatic amines is 1. The van der Waals surface area contributed by atoms with Gasteiger partial charge in [-0.3, -0.25) is 5.10 Å². The van der Waals surface area contributed by atoms with Crippen LogP contribution in [0.5, 0.6) is 0 Å². The first kappa shape index (κ1) is 18.3. The minimum Gasteiger partial charge on any atom is -0.381 e. The number of hydrogen-bond donors (Lipinski definition) is 1. The number of nitrogens with zero attached hydrogens (tertiary/aromatic N) is 3. The molecule has 2 aromatic rings. The van der Waals surface area contributed by atoms with Gasteiger partial charge in [0.25, 0.3) is 0 Å². The van der Waals surface area contributed by atoms with Crippen LogP contribution in [-0.2, 0) is 9.48 Å². The molecule has 6 heteroatoms. The number of thioether (sulfide) groups is 1. The molecule has 2 aliphatic heterocycles. The summed E-state index contributed by atoms with van der Waals surface area (Å²) in [5.41, 5.74) is 4.53. The molecule has 1 aromatic carbocycles. The van der Waals surface area contributed by atoms with Crippen LogP contribution in [0.2, 0.25) is 0 Å². The average molecular weight is 381 g/mol. The van der Waals surface area contributed by atoms with Gasteiger partial charge in [0.05, 0.1) is 10.8 Å². The fourth-order valence-corrected chi connectivity index (χ4v) is 6.06. The van der Waals surface area contributed by atoms with Crippen molar-refractivity contribution in [3.8, 4) is 6.07 Å². The number of benzene rings is 1. The number of ether oxygens (including phenoxy) is 1. The largest absolute Gasteiger partial charge is 0.381 e. The molecule has 0 aliphatic carbocycles. The minimum absolute atomic E-state index is 0.0427. The molecule has 0 spiro atoms.